The van der Waals surface area contributed by atoms with Gasteiger partial charge < -0.3 is 14.6 Å². The third-order valence-electron chi connectivity index (χ3n) is 6.74. The molecule has 1 spiro atoms. The topological polar surface area (TPSA) is 59.1 Å². The molecule has 0 aromatic rings. The Morgan fingerprint density at radius 3 is 2.79 bits per heavy atom. The van der Waals surface area contributed by atoms with Gasteiger partial charge in [0.25, 0.3) is 0 Å². The summed E-state index contributed by atoms with van der Waals surface area (Å²) >= 11 is 0. The predicted octanol–water partition coefficient (Wildman–Crippen LogP) is 1.50. The minimum absolute atomic E-state index is 0.0114. The van der Waals surface area contributed by atoms with Crippen LogP contribution in [0.25, 0.3) is 0 Å². The van der Waals surface area contributed by atoms with E-state index in [-0.39, 0.29) is 47.1 Å². The molecular formula is C15H22O4. The highest BCUT2D eigenvalue weighted by Crippen LogP contribution is 2.68. The van der Waals surface area contributed by atoms with E-state index in [4.69, 9.17) is 9.47 Å². The second-order valence-corrected chi connectivity index (χ2v) is 7.34. The number of aliphatic hydroxyl groups excluding tert-OH is 1. The fourth-order valence-corrected chi connectivity index (χ4v) is 5.10. The van der Waals surface area contributed by atoms with Gasteiger partial charge in [-0.2, -0.15) is 0 Å². The zero-order valence-electron chi connectivity index (χ0n) is 11.8. The summed E-state index contributed by atoms with van der Waals surface area (Å²) < 4.78 is 11.6. The van der Waals surface area contributed by atoms with E-state index in [1.807, 2.05) is 6.92 Å². The lowest BCUT2D eigenvalue weighted by molar-refractivity contribution is -0.147. The molecular weight excluding hydrogens is 244 g/mol. The van der Waals surface area contributed by atoms with E-state index < -0.39 is 0 Å². The molecule has 4 heteroatoms. The average Bonchev–Trinajstić information content (AvgIpc) is 2.98. The van der Waals surface area contributed by atoms with Crippen LogP contribution in [0, 0.1) is 23.2 Å². The number of epoxide rings is 1. The molecule has 2 aliphatic heterocycles. The van der Waals surface area contributed by atoms with E-state index in [2.05, 4.69) is 13.8 Å². The first-order valence-electron chi connectivity index (χ1n) is 7.45. The van der Waals surface area contributed by atoms with Crippen LogP contribution >= 0.6 is 0 Å². The first-order valence-corrected chi connectivity index (χ1v) is 7.45. The number of rotatable bonds is 0. The van der Waals surface area contributed by atoms with Crippen molar-refractivity contribution in [3.8, 4) is 0 Å². The summed E-state index contributed by atoms with van der Waals surface area (Å²) in [7, 11) is 0. The standard InChI is InChI=1S/C15H22O4/c1-7-9-5-14(3)8(2)10(16)4-12-15(14,19-12)6-11(9)18-13(7)17/h7-12,16H,4-6H2,1-3H3. The molecule has 0 amide bonds. The molecule has 0 aromatic carbocycles. The van der Waals surface area contributed by atoms with Gasteiger partial charge >= 0.3 is 5.97 Å². The predicted molar refractivity (Wildman–Crippen MR) is 67.3 cm³/mol. The summed E-state index contributed by atoms with van der Waals surface area (Å²) in [6, 6.07) is 0. The van der Waals surface area contributed by atoms with Crippen molar-refractivity contribution in [3.63, 3.8) is 0 Å². The molecule has 2 saturated carbocycles. The lowest BCUT2D eigenvalue weighted by Crippen LogP contribution is -2.57. The number of aliphatic hydroxyl groups is 1. The van der Waals surface area contributed by atoms with Crippen LogP contribution in [-0.2, 0) is 14.3 Å². The van der Waals surface area contributed by atoms with E-state index in [0.717, 1.165) is 19.3 Å². The fourth-order valence-electron chi connectivity index (χ4n) is 5.10. The third-order valence-corrected chi connectivity index (χ3v) is 6.74. The monoisotopic (exact) mass is 266 g/mol. The Morgan fingerprint density at radius 2 is 2.05 bits per heavy atom. The normalized spacial score (nSPS) is 62.8. The average molecular weight is 266 g/mol. The van der Waals surface area contributed by atoms with Gasteiger partial charge in [-0.25, -0.2) is 0 Å². The molecule has 2 saturated heterocycles. The highest BCUT2D eigenvalue weighted by atomic mass is 16.6. The largest absolute Gasteiger partial charge is 0.462 e. The van der Waals surface area contributed by atoms with Crippen molar-refractivity contribution < 1.29 is 19.4 Å². The molecule has 4 nitrogen and oxygen atoms in total. The summed E-state index contributed by atoms with van der Waals surface area (Å²) in [5, 5.41) is 10.3. The Hall–Kier alpha value is -0.610. The van der Waals surface area contributed by atoms with Gasteiger partial charge in [-0.05, 0) is 12.3 Å². The molecule has 2 aliphatic carbocycles. The quantitative estimate of drug-likeness (QED) is 0.533. The Morgan fingerprint density at radius 1 is 1.32 bits per heavy atom. The van der Waals surface area contributed by atoms with Crippen LogP contribution in [0.5, 0.6) is 0 Å². The first kappa shape index (κ1) is 12.2. The Bertz CT molecular complexity index is 449. The van der Waals surface area contributed by atoms with E-state index >= 15 is 0 Å². The number of ether oxygens (including phenoxy) is 2. The van der Waals surface area contributed by atoms with Gasteiger partial charge in [0.15, 0.2) is 0 Å². The third kappa shape index (κ3) is 1.25. The Balaban J connectivity index is 1.72. The first-order chi connectivity index (χ1) is 8.89. The van der Waals surface area contributed by atoms with Crippen LogP contribution < -0.4 is 0 Å². The zero-order chi connectivity index (χ0) is 13.6. The molecule has 19 heavy (non-hydrogen) atoms. The number of carbonyl (C=O) groups is 1. The summed E-state index contributed by atoms with van der Waals surface area (Å²) in [6.07, 6.45) is 2.40. The summed E-state index contributed by atoms with van der Waals surface area (Å²) in [4.78, 5) is 11.8. The molecule has 4 aliphatic rings. The van der Waals surface area contributed by atoms with E-state index in [0.29, 0.717) is 5.92 Å². The summed E-state index contributed by atoms with van der Waals surface area (Å²) in [5.41, 5.74) is -0.171. The smallest absolute Gasteiger partial charge is 0.309 e. The zero-order valence-corrected chi connectivity index (χ0v) is 11.8. The Labute approximate surface area is 113 Å². The van der Waals surface area contributed by atoms with Crippen molar-refractivity contribution in [2.45, 2.75) is 63.9 Å². The van der Waals surface area contributed by atoms with Gasteiger partial charge in [-0.15, -0.1) is 0 Å². The molecule has 2 heterocycles. The van der Waals surface area contributed by atoms with Crippen molar-refractivity contribution in [1.82, 2.24) is 0 Å². The van der Waals surface area contributed by atoms with Gasteiger partial charge in [-0.1, -0.05) is 20.8 Å². The SMILES string of the molecule is CC1C(=O)OC2CC34OC3CC(O)C(C)C4(C)CC21. The van der Waals surface area contributed by atoms with Crippen molar-refractivity contribution >= 4 is 5.97 Å². The number of fused-ring (bicyclic) bond motifs is 1. The number of esters is 1. The van der Waals surface area contributed by atoms with E-state index in [1.54, 1.807) is 0 Å². The molecule has 0 bridgehead atoms. The van der Waals surface area contributed by atoms with E-state index in [9.17, 15) is 9.90 Å². The maximum Gasteiger partial charge on any atom is 0.309 e. The van der Waals surface area contributed by atoms with Crippen LogP contribution in [0.15, 0.2) is 0 Å². The molecule has 8 atom stereocenters. The minimum Gasteiger partial charge on any atom is -0.462 e. The number of carbonyl (C=O) groups excluding carboxylic acids is 1. The molecule has 106 valence electrons. The second-order valence-electron chi connectivity index (χ2n) is 7.34. The van der Waals surface area contributed by atoms with Gasteiger partial charge in [0.1, 0.15) is 11.7 Å². The van der Waals surface area contributed by atoms with Gasteiger partial charge in [0.05, 0.1) is 18.1 Å². The maximum absolute atomic E-state index is 11.8. The molecule has 4 rings (SSSR count). The van der Waals surface area contributed by atoms with Crippen molar-refractivity contribution in [1.29, 1.82) is 0 Å². The molecule has 0 radical (unpaired) electrons. The van der Waals surface area contributed by atoms with Crippen LogP contribution in [0.3, 0.4) is 0 Å². The van der Waals surface area contributed by atoms with Crippen LogP contribution in [0.4, 0.5) is 0 Å². The summed E-state index contributed by atoms with van der Waals surface area (Å²) in [6.45, 7) is 6.35. The summed E-state index contributed by atoms with van der Waals surface area (Å²) in [5.74, 6) is 0.442. The minimum atomic E-state index is -0.282. The van der Waals surface area contributed by atoms with Crippen molar-refractivity contribution in [2.24, 2.45) is 23.2 Å². The number of hydrogen-bond donors (Lipinski definition) is 1. The molecule has 0 aromatic heterocycles. The van der Waals surface area contributed by atoms with Crippen LogP contribution in [0.1, 0.15) is 40.0 Å². The maximum atomic E-state index is 11.8. The van der Waals surface area contributed by atoms with Crippen LogP contribution in [-0.4, -0.2) is 35.0 Å². The Kier molecular flexibility index (Phi) is 2.14. The molecule has 4 fully saturated rings. The highest BCUT2D eigenvalue weighted by molar-refractivity contribution is 5.75. The lowest BCUT2D eigenvalue weighted by Gasteiger charge is -2.52. The molecule has 8 unspecified atom stereocenters. The number of hydrogen-bond acceptors (Lipinski definition) is 4. The van der Waals surface area contributed by atoms with Crippen LogP contribution in [0.2, 0.25) is 0 Å². The second kappa shape index (κ2) is 3.34. The van der Waals surface area contributed by atoms with E-state index in [1.165, 1.54) is 0 Å². The van der Waals surface area contributed by atoms with Gasteiger partial charge in [0.2, 0.25) is 0 Å². The molecule has 1 N–H and O–H groups in total. The van der Waals surface area contributed by atoms with Gasteiger partial charge in [-0.3, -0.25) is 4.79 Å². The van der Waals surface area contributed by atoms with Gasteiger partial charge in [0, 0.05) is 24.2 Å². The van der Waals surface area contributed by atoms with Crippen molar-refractivity contribution in [3.05, 3.63) is 0 Å². The highest BCUT2D eigenvalue weighted by Gasteiger charge is 2.76. The fraction of sp³-hybridized carbons (Fsp3) is 0.933. The lowest BCUT2D eigenvalue weighted by atomic mass is 9.51. The van der Waals surface area contributed by atoms with Crippen molar-refractivity contribution in [2.75, 3.05) is 0 Å².